The maximum atomic E-state index is 2.66. The first kappa shape index (κ1) is 15.0. The Morgan fingerprint density at radius 1 is 1.00 bits per heavy atom. The lowest BCUT2D eigenvalue weighted by Gasteiger charge is -2.33. The Morgan fingerprint density at radius 3 is 2.29 bits per heavy atom. The van der Waals surface area contributed by atoms with Crippen LogP contribution in [0.5, 0.6) is 0 Å². The molecule has 3 atom stereocenters. The highest BCUT2D eigenvalue weighted by Crippen LogP contribution is 2.19. The first-order valence-corrected chi connectivity index (χ1v) is 8.73. The fourth-order valence-electron chi connectivity index (χ4n) is 4.26. The fraction of sp³-hybridized carbons (Fsp3) is 0.667. The molecule has 0 spiro atoms. The summed E-state index contributed by atoms with van der Waals surface area (Å²) in [5.41, 5.74) is 1.50. The van der Waals surface area contributed by atoms with E-state index in [1.807, 2.05) is 4.90 Å². The number of hydrogen-bond acceptors (Lipinski definition) is 0. The first-order valence-electron chi connectivity index (χ1n) is 8.73. The molecule has 1 aromatic carbocycles. The molecule has 2 bridgehead atoms. The van der Waals surface area contributed by atoms with Gasteiger partial charge >= 0.3 is 0 Å². The van der Waals surface area contributed by atoms with Gasteiger partial charge in [-0.2, -0.15) is 0 Å². The van der Waals surface area contributed by atoms with Crippen LogP contribution in [-0.2, 0) is 6.54 Å². The van der Waals surface area contributed by atoms with E-state index >= 15 is 0 Å². The van der Waals surface area contributed by atoms with Gasteiger partial charge in [-0.05, 0) is 0 Å². The molecule has 3 rings (SSSR count). The predicted molar refractivity (Wildman–Crippen MR) is 85.4 cm³/mol. The third kappa shape index (κ3) is 4.06. The SMILES string of the molecule is C[NH+](C)CC[NH+](Cc1ccccc1)C1CC2CCC(C1)[NH2+]2. The van der Waals surface area contributed by atoms with E-state index in [0.29, 0.717) is 0 Å². The molecular weight excluding hydrogens is 258 g/mol. The Balaban J connectivity index is 1.66. The highest BCUT2D eigenvalue weighted by Gasteiger charge is 2.41. The molecule has 0 aliphatic carbocycles. The van der Waals surface area contributed by atoms with E-state index in [2.05, 4.69) is 49.7 Å². The van der Waals surface area contributed by atoms with Crippen molar-refractivity contribution in [3.05, 3.63) is 35.9 Å². The summed E-state index contributed by atoms with van der Waals surface area (Å²) >= 11 is 0. The summed E-state index contributed by atoms with van der Waals surface area (Å²) in [6, 6.07) is 13.8. The van der Waals surface area contributed by atoms with E-state index in [-0.39, 0.29) is 0 Å². The minimum absolute atomic E-state index is 0.882. The molecule has 0 radical (unpaired) electrons. The number of hydrogen-bond donors (Lipinski definition) is 3. The lowest BCUT2D eigenvalue weighted by atomic mass is 9.97. The summed E-state index contributed by atoms with van der Waals surface area (Å²) in [5.74, 6) is 0. The standard InChI is InChI=1S/C18H29N3/c1-20(2)10-11-21(14-15-6-4-3-5-7-15)18-12-16-8-9-17(13-18)19-16/h3-7,16-19H,8-14H2,1-2H3/p+3. The Kier molecular flexibility index (Phi) is 4.94. The van der Waals surface area contributed by atoms with E-state index in [4.69, 9.17) is 0 Å². The second-order valence-corrected chi connectivity index (χ2v) is 7.49. The monoisotopic (exact) mass is 290 g/mol. The Bertz CT molecular complexity index is 419. The van der Waals surface area contributed by atoms with Crippen molar-refractivity contribution < 1.29 is 15.1 Å². The number of rotatable bonds is 6. The van der Waals surface area contributed by atoms with Crippen LogP contribution in [0.1, 0.15) is 31.2 Å². The fourth-order valence-corrected chi connectivity index (χ4v) is 4.26. The van der Waals surface area contributed by atoms with Crippen molar-refractivity contribution in [2.24, 2.45) is 0 Å². The zero-order valence-electron chi connectivity index (χ0n) is 13.6. The number of benzene rings is 1. The molecule has 0 saturated carbocycles. The van der Waals surface area contributed by atoms with E-state index < -0.39 is 0 Å². The van der Waals surface area contributed by atoms with Gasteiger partial charge in [0.25, 0.3) is 0 Å². The van der Waals surface area contributed by atoms with Crippen LogP contribution in [0.2, 0.25) is 0 Å². The Morgan fingerprint density at radius 2 is 1.67 bits per heavy atom. The average molecular weight is 290 g/mol. The van der Waals surface area contributed by atoms with Crippen LogP contribution in [0.3, 0.4) is 0 Å². The van der Waals surface area contributed by atoms with Gasteiger partial charge in [0.05, 0.1) is 45.1 Å². The highest BCUT2D eigenvalue weighted by atomic mass is 15.2. The molecule has 3 unspecified atom stereocenters. The van der Waals surface area contributed by atoms with E-state index in [1.54, 1.807) is 4.90 Å². The van der Waals surface area contributed by atoms with Gasteiger partial charge in [0.1, 0.15) is 19.6 Å². The number of quaternary nitrogens is 3. The lowest BCUT2D eigenvalue weighted by molar-refractivity contribution is -0.974. The van der Waals surface area contributed by atoms with Crippen molar-refractivity contribution in [3.63, 3.8) is 0 Å². The summed E-state index contributed by atoms with van der Waals surface area (Å²) in [4.78, 5) is 3.40. The summed E-state index contributed by atoms with van der Waals surface area (Å²) in [6.07, 6.45) is 5.78. The number of piperidine rings is 1. The Hall–Kier alpha value is -0.900. The molecule has 3 heteroatoms. The average Bonchev–Trinajstić information content (AvgIpc) is 2.83. The number of fused-ring (bicyclic) bond motifs is 2. The molecule has 2 aliphatic rings. The smallest absolute Gasteiger partial charge is 0.127 e. The number of nitrogens with two attached hydrogens (primary N) is 1. The molecule has 116 valence electrons. The van der Waals surface area contributed by atoms with Gasteiger partial charge in [-0.3, -0.25) is 0 Å². The van der Waals surface area contributed by atoms with Crippen LogP contribution in [0.15, 0.2) is 30.3 Å². The maximum Gasteiger partial charge on any atom is 0.127 e. The molecule has 1 aromatic rings. The van der Waals surface area contributed by atoms with Gasteiger partial charge in [0.2, 0.25) is 0 Å². The minimum Gasteiger partial charge on any atom is -0.341 e. The van der Waals surface area contributed by atoms with E-state index in [1.165, 1.54) is 50.9 Å². The molecule has 0 amide bonds. The van der Waals surface area contributed by atoms with E-state index in [0.717, 1.165) is 18.1 Å². The molecule has 2 aliphatic heterocycles. The van der Waals surface area contributed by atoms with Crippen LogP contribution in [0.25, 0.3) is 0 Å². The highest BCUT2D eigenvalue weighted by molar-refractivity contribution is 5.13. The third-order valence-corrected chi connectivity index (χ3v) is 5.42. The van der Waals surface area contributed by atoms with Gasteiger partial charge in [-0.1, -0.05) is 30.3 Å². The zero-order valence-corrected chi connectivity index (χ0v) is 13.6. The van der Waals surface area contributed by atoms with Crippen LogP contribution < -0.4 is 15.1 Å². The second kappa shape index (κ2) is 6.91. The molecular formula is C18H32N3+3. The van der Waals surface area contributed by atoms with Crippen molar-refractivity contribution >= 4 is 0 Å². The molecule has 21 heavy (non-hydrogen) atoms. The topological polar surface area (TPSA) is 25.5 Å². The van der Waals surface area contributed by atoms with Crippen molar-refractivity contribution in [2.45, 2.75) is 50.4 Å². The second-order valence-electron chi connectivity index (χ2n) is 7.49. The number of likely N-dealkylation sites (N-methyl/N-ethyl adjacent to an activating group) is 1. The summed E-state index contributed by atoms with van der Waals surface area (Å²) in [7, 11) is 4.55. The van der Waals surface area contributed by atoms with Gasteiger partial charge in [-0.25, -0.2) is 0 Å². The molecule has 3 nitrogen and oxygen atoms in total. The summed E-state index contributed by atoms with van der Waals surface area (Å²) in [6.45, 7) is 3.79. The van der Waals surface area contributed by atoms with Gasteiger partial charge < -0.3 is 15.1 Å². The minimum atomic E-state index is 0.882. The van der Waals surface area contributed by atoms with Crippen LogP contribution in [0.4, 0.5) is 0 Å². The van der Waals surface area contributed by atoms with Crippen LogP contribution >= 0.6 is 0 Å². The predicted octanol–water partition coefficient (Wildman–Crippen LogP) is -1.53. The van der Waals surface area contributed by atoms with Crippen molar-refractivity contribution in [1.29, 1.82) is 0 Å². The van der Waals surface area contributed by atoms with Crippen LogP contribution in [0, 0.1) is 0 Å². The van der Waals surface area contributed by atoms with Gasteiger partial charge in [-0.15, -0.1) is 0 Å². The maximum absolute atomic E-state index is 2.66. The van der Waals surface area contributed by atoms with Crippen LogP contribution in [-0.4, -0.2) is 45.3 Å². The summed E-state index contributed by atoms with van der Waals surface area (Å²) in [5, 5.41) is 2.66. The van der Waals surface area contributed by atoms with Gasteiger partial charge in [0, 0.05) is 18.4 Å². The number of nitrogens with one attached hydrogen (secondary N) is 2. The normalized spacial score (nSPS) is 29.8. The molecule has 0 aromatic heterocycles. The molecule has 2 heterocycles. The molecule has 4 N–H and O–H groups in total. The van der Waals surface area contributed by atoms with Crippen molar-refractivity contribution in [1.82, 2.24) is 0 Å². The molecule has 2 fully saturated rings. The summed E-state index contributed by atoms with van der Waals surface area (Å²) < 4.78 is 0. The van der Waals surface area contributed by atoms with Crippen molar-refractivity contribution in [3.8, 4) is 0 Å². The molecule has 2 saturated heterocycles. The van der Waals surface area contributed by atoms with E-state index in [9.17, 15) is 0 Å². The quantitative estimate of drug-likeness (QED) is 0.567. The zero-order chi connectivity index (χ0) is 14.7. The first-order chi connectivity index (χ1) is 10.2. The van der Waals surface area contributed by atoms with Crippen molar-refractivity contribution in [2.75, 3.05) is 27.2 Å². The Labute approximate surface area is 129 Å². The largest absolute Gasteiger partial charge is 0.341 e. The van der Waals surface area contributed by atoms with Gasteiger partial charge in [0.15, 0.2) is 0 Å². The lowest BCUT2D eigenvalue weighted by Crippen LogP contribution is -3.21. The third-order valence-electron chi connectivity index (χ3n) is 5.42.